The molecule has 6 nitrogen and oxygen atoms in total. The number of aryl methyl sites for hydroxylation is 1. The van der Waals surface area contributed by atoms with Gasteiger partial charge in [0.1, 0.15) is 11.1 Å². The van der Waals surface area contributed by atoms with Crippen molar-refractivity contribution in [2.24, 2.45) is 5.92 Å². The molecule has 0 bridgehead atoms. The molecule has 1 atom stereocenters. The second-order valence-corrected chi connectivity index (χ2v) is 8.91. The van der Waals surface area contributed by atoms with Crippen molar-refractivity contribution in [3.8, 4) is 6.07 Å². The first-order valence-corrected chi connectivity index (χ1v) is 10.6. The largest absolute Gasteiger partial charge is 0.325 e. The summed E-state index contributed by atoms with van der Waals surface area (Å²) < 4.78 is 0. The van der Waals surface area contributed by atoms with Gasteiger partial charge in [-0.05, 0) is 56.8 Å². The van der Waals surface area contributed by atoms with Gasteiger partial charge in [-0.2, -0.15) is 5.26 Å². The van der Waals surface area contributed by atoms with Crippen LogP contribution in [0.4, 0.5) is 10.7 Å². The van der Waals surface area contributed by atoms with Crippen molar-refractivity contribution < 1.29 is 9.59 Å². The molecule has 0 unspecified atom stereocenters. The molecule has 2 amide bonds. The van der Waals surface area contributed by atoms with E-state index in [0.29, 0.717) is 16.5 Å². The Hall–Kier alpha value is -2.69. The highest BCUT2D eigenvalue weighted by Gasteiger charge is 2.24. The van der Waals surface area contributed by atoms with Crippen molar-refractivity contribution in [1.29, 1.82) is 5.26 Å². The lowest BCUT2D eigenvalue weighted by Crippen LogP contribution is -2.36. The van der Waals surface area contributed by atoms with Crippen molar-refractivity contribution in [1.82, 2.24) is 4.90 Å². The van der Waals surface area contributed by atoms with Gasteiger partial charge in [0.2, 0.25) is 11.8 Å². The third-order valence-corrected chi connectivity index (χ3v) is 6.21. The lowest BCUT2D eigenvalue weighted by atomic mass is 9.89. The Morgan fingerprint density at radius 1 is 1.21 bits per heavy atom. The third-order valence-electron chi connectivity index (χ3n) is 5.04. The van der Waals surface area contributed by atoms with Gasteiger partial charge in [0, 0.05) is 10.6 Å². The van der Waals surface area contributed by atoms with Crippen LogP contribution < -0.4 is 10.6 Å². The van der Waals surface area contributed by atoms with E-state index in [4.69, 9.17) is 0 Å². The fraction of sp³-hybridized carbons (Fsp3) is 0.409. The Morgan fingerprint density at radius 2 is 1.86 bits per heavy atom. The van der Waals surface area contributed by atoms with Crippen LogP contribution in [0.2, 0.25) is 0 Å². The minimum atomic E-state index is -0.223. The molecule has 2 N–H and O–H groups in total. The average Bonchev–Trinajstić information content (AvgIpc) is 2.98. The van der Waals surface area contributed by atoms with E-state index in [2.05, 4.69) is 23.6 Å². The Balaban J connectivity index is 1.54. The number of benzene rings is 1. The molecule has 1 aliphatic carbocycles. The highest BCUT2D eigenvalue weighted by Crippen LogP contribution is 2.39. The number of likely N-dealkylation sites (N-methyl/N-ethyl adjacent to an activating group) is 1. The zero-order valence-corrected chi connectivity index (χ0v) is 17.9. The van der Waals surface area contributed by atoms with Gasteiger partial charge in [0.15, 0.2) is 0 Å². The normalized spacial score (nSPS) is 15.5. The van der Waals surface area contributed by atoms with Crippen molar-refractivity contribution in [2.45, 2.75) is 33.1 Å². The van der Waals surface area contributed by atoms with Crippen LogP contribution in [0, 0.1) is 24.2 Å². The summed E-state index contributed by atoms with van der Waals surface area (Å²) in [6.07, 6.45) is 2.93. The van der Waals surface area contributed by atoms with E-state index in [-0.39, 0.29) is 24.9 Å². The van der Waals surface area contributed by atoms with E-state index in [9.17, 15) is 14.9 Å². The van der Waals surface area contributed by atoms with Gasteiger partial charge >= 0.3 is 0 Å². The van der Waals surface area contributed by atoms with E-state index in [1.807, 2.05) is 31.2 Å². The molecule has 3 rings (SSSR count). The van der Waals surface area contributed by atoms with Gasteiger partial charge in [0.25, 0.3) is 0 Å². The molecule has 1 heterocycles. The first kappa shape index (κ1) is 21.0. The maximum atomic E-state index is 12.5. The summed E-state index contributed by atoms with van der Waals surface area (Å²) in [5.74, 6) is 0.204. The predicted octanol–water partition coefficient (Wildman–Crippen LogP) is 3.56. The Morgan fingerprint density at radius 3 is 2.52 bits per heavy atom. The van der Waals surface area contributed by atoms with Gasteiger partial charge < -0.3 is 10.6 Å². The zero-order chi connectivity index (χ0) is 21.0. The zero-order valence-electron chi connectivity index (χ0n) is 17.0. The molecular formula is C22H26N4O2S. The summed E-state index contributed by atoms with van der Waals surface area (Å²) >= 11 is 1.51. The van der Waals surface area contributed by atoms with Crippen molar-refractivity contribution in [3.05, 3.63) is 45.8 Å². The highest BCUT2D eigenvalue weighted by molar-refractivity contribution is 7.16. The molecule has 0 saturated heterocycles. The van der Waals surface area contributed by atoms with E-state index in [1.165, 1.54) is 16.2 Å². The second-order valence-electron chi connectivity index (χ2n) is 7.80. The summed E-state index contributed by atoms with van der Waals surface area (Å²) in [6.45, 7) is 4.37. The molecule has 29 heavy (non-hydrogen) atoms. The molecule has 0 spiro atoms. The minimum Gasteiger partial charge on any atom is -0.325 e. The number of amides is 2. The summed E-state index contributed by atoms with van der Waals surface area (Å²) in [6, 6.07) is 9.82. The second kappa shape index (κ2) is 9.21. The Labute approximate surface area is 175 Å². The first-order valence-electron chi connectivity index (χ1n) is 9.75. The summed E-state index contributed by atoms with van der Waals surface area (Å²) in [5, 5.41) is 15.9. The van der Waals surface area contributed by atoms with Gasteiger partial charge in [-0.1, -0.05) is 24.6 Å². The van der Waals surface area contributed by atoms with Gasteiger partial charge in [0.05, 0.1) is 18.7 Å². The van der Waals surface area contributed by atoms with Gasteiger partial charge in [-0.3, -0.25) is 14.5 Å². The highest BCUT2D eigenvalue weighted by atomic mass is 32.1. The molecule has 0 fully saturated rings. The molecule has 1 aromatic carbocycles. The SMILES string of the molecule is Cc1ccc(NC(=O)CN(C)CC(=O)Nc2sc3c(c2C#N)CC[C@@H](C)C3)cc1. The van der Waals surface area contributed by atoms with Crippen LogP contribution in [-0.4, -0.2) is 36.9 Å². The van der Waals surface area contributed by atoms with Crippen LogP contribution >= 0.6 is 11.3 Å². The standard InChI is InChI=1S/C22H26N4O2S/c1-14-4-7-16(8-5-14)24-20(27)12-26(3)13-21(28)25-22-18(11-23)17-9-6-15(2)10-19(17)29-22/h4-5,7-8,15H,6,9-10,12-13H2,1-3H3,(H,24,27)(H,25,28)/t15-/m1/s1. The summed E-state index contributed by atoms with van der Waals surface area (Å²) in [4.78, 5) is 27.5. The van der Waals surface area contributed by atoms with Crippen LogP contribution in [0.15, 0.2) is 24.3 Å². The molecule has 152 valence electrons. The lowest BCUT2D eigenvalue weighted by Gasteiger charge is -2.17. The number of nitrogens with zero attached hydrogens (tertiary/aromatic N) is 2. The molecular weight excluding hydrogens is 384 g/mol. The molecule has 2 aromatic rings. The Kier molecular flexibility index (Phi) is 6.68. The van der Waals surface area contributed by atoms with Crippen LogP contribution in [0.3, 0.4) is 0 Å². The fourth-order valence-corrected chi connectivity index (χ4v) is 4.88. The Bertz CT molecular complexity index is 943. The van der Waals surface area contributed by atoms with Gasteiger partial charge in [-0.15, -0.1) is 11.3 Å². The fourth-order valence-electron chi connectivity index (χ4n) is 3.51. The molecule has 1 aromatic heterocycles. The van der Waals surface area contributed by atoms with E-state index >= 15 is 0 Å². The smallest absolute Gasteiger partial charge is 0.239 e. The molecule has 7 heteroatoms. The maximum absolute atomic E-state index is 12.5. The number of hydrogen-bond donors (Lipinski definition) is 2. The summed E-state index contributed by atoms with van der Waals surface area (Å²) in [7, 11) is 1.72. The quantitative estimate of drug-likeness (QED) is 0.762. The number of anilines is 2. The van der Waals surface area contributed by atoms with Crippen LogP contribution in [0.5, 0.6) is 0 Å². The number of fused-ring (bicyclic) bond motifs is 1. The number of hydrogen-bond acceptors (Lipinski definition) is 5. The minimum absolute atomic E-state index is 0.0746. The molecule has 0 radical (unpaired) electrons. The number of nitrogens with one attached hydrogen (secondary N) is 2. The van der Waals surface area contributed by atoms with Crippen LogP contribution in [0.1, 0.15) is 34.9 Å². The first-order chi connectivity index (χ1) is 13.9. The number of rotatable bonds is 6. The lowest BCUT2D eigenvalue weighted by molar-refractivity contribution is -0.119. The topological polar surface area (TPSA) is 85.2 Å². The molecule has 0 saturated carbocycles. The monoisotopic (exact) mass is 410 g/mol. The number of thiophene rings is 1. The van der Waals surface area contributed by atoms with E-state index in [1.54, 1.807) is 11.9 Å². The average molecular weight is 411 g/mol. The van der Waals surface area contributed by atoms with Crippen molar-refractivity contribution in [3.63, 3.8) is 0 Å². The number of nitriles is 1. The third kappa shape index (κ3) is 5.43. The molecule has 0 aliphatic heterocycles. The van der Waals surface area contributed by atoms with E-state index in [0.717, 1.165) is 36.1 Å². The number of carbonyl (C=O) groups excluding carboxylic acids is 2. The van der Waals surface area contributed by atoms with Gasteiger partial charge in [-0.25, -0.2) is 0 Å². The van der Waals surface area contributed by atoms with E-state index < -0.39 is 0 Å². The van der Waals surface area contributed by atoms with Crippen molar-refractivity contribution in [2.75, 3.05) is 30.8 Å². The molecule has 1 aliphatic rings. The predicted molar refractivity (Wildman–Crippen MR) is 116 cm³/mol. The maximum Gasteiger partial charge on any atom is 0.239 e. The van der Waals surface area contributed by atoms with Crippen LogP contribution in [0.25, 0.3) is 0 Å². The summed E-state index contributed by atoms with van der Waals surface area (Å²) in [5.41, 5.74) is 3.55. The number of carbonyl (C=O) groups is 2. The van der Waals surface area contributed by atoms with Crippen molar-refractivity contribution >= 4 is 33.8 Å². The van der Waals surface area contributed by atoms with Crippen LogP contribution in [-0.2, 0) is 22.4 Å².